The van der Waals surface area contributed by atoms with Crippen molar-refractivity contribution in [1.29, 1.82) is 0 Å². The minimum atomic E-state index is -4.03. The van der Waals surface area contributed by atoms with Crippen LogP contribution in [0.4, 0.5) is 4.39 Å². The zero-order chi connectivity index (χ0) is 17.2. The molecule has 0 amide bonds. The van der Waals surface area contributed by atoms with Gasteiger partial charge in [-0.2, -0.15) is 0 Å². The van der Waals surface area contributed by atoms with Crippen LogP contribution in [0, 0.1) is 12.7 Å². The lowest BCUT2D eigenvalue weighted by Crippen LogP contribution is -2.28. The molecule has 0 aliphatic rings. The number of hydrogen-bond acceptors (Lipinski definition) is 3. The number of ether oxygens (including phenoxy) is 1. The van der Waals surface area contributed by atoms with E-state index in [1.807, 2.05) is 19.1 Å². The highest BCUT2D eigenvalue weighted by Crippen LogP contribution is 2.28. The monoisotopic (exact) mass is 357 g/mol. The van der Waals surface area contributed by atoms with Crippen molar-refractivity contribution < 1.29 is 17.5 Å². The summed E-state index contributed by atoms with van der Waals surface area (Å²) in [7, 11) is -2.52. The Morgan fingerprint density at radius 3 is 2.52 bits per heavy atom. The molecule has 124 valence electrons. The van der Waals surface area contributed by atoms with Gasteiger partial charge in [0, 0.05) is 16.6 Å². The molecule has 1 N–H and O–H groups in total. The predicted molar refractivity (Wildman–Crippen MR) is 87.9 cm³/mol. The quantitative estimate of drug-likeness (QED) is 0.884. The Morgan fingerprint density at radius 1 is 1.22 bits per heavy atom. The van der Waals surface area contributed by atoms with E-state index in [1.54, 1.807) is 13.0 Å². The van der Waals surface area contributed by atoms with Crippen molar-refractivity contribution in [3.8, 4) is 5.75 Å². The second kappa shape index (κ2) is 6.86. The third kappa shape index (κ3) is 4.02. The van der Waals surface area contributed by atoms with Crippen LogP contribution in [0.15, 0.2) is 41.3 Å². The highest BCUT2D eigenvalue weighted by Gasteiger charge is 2.23. The van der Waals surface area contributed by atoms with Crippen LogP contribution in [0.5, 0.6) is 5.75 Å². The van der Waals surface area contributed by atoms with Crippen molar-refractivity contribution in [2.45, 2.75) is 24.8 Å². The zero-order valence-corrected chi connectivity index (χ0v) is 14.5. The molecule has 0 spiro atoms. The lowest BCUT2D eigenvalue weighted by molar-refractivity contribution is 0.405. The third-order valence-corrected chi connectivity index (χ3v) is 5.18. The summed E-state index contributed by atoms with van der Waals surface area (Å²) in [5, 5.41) is 0.134. The largest absolute Gasteiger partial charge is 0.496 e. The molecule has 0 aliphatic heterocycles. The van der Waals surface area contributed by atoms with Crippen molar-refractivity contribution in [3.63, 3.8) is 0 Å². The van der Waals surface area contributed by atoms with Gasteiger partial charge in [-0.15, -0.1) is 0 Å². The van der Waals surface area contributed by atoms with Crippen LogP contribution in [-0.2, 0) is 10.0 Å². The molecular formula is C16H17ClFNO3S. The fourth-order valence-electron chi connectivity index (χ4n) is 2.25. The van der Waals surface area contributed by atoms with Crippen molar-refractivity contribution >= 4 is 21.6 Å². The molecule has 1 atom stereocenters. The molecule has 2 aromatic rings. The zero-order valence-electron chi connectivity index (χ0n) is 12.9. The molecule has 0 fully saturated rings. The van der Waals surface area contributed by atoms with E-state index in [0.29, 0.717) is 11.3 Å². The van der Waals surface area contributed by atoms with Gasteiger partial charge in [0.2, 0.25) is 10.0 Å². The Balaban J connectivity index is 2.35. The van der Waals surface area contributed by atoms with Gasteiger partial charge in [-0.25, -0.2) is 17.5 Å². The number of sulfonamides is 1. The predicted octanol–water partition coefficient (Wildman–Crippen LogP) is 3.84. The normalized spacial score (nSPS) is 12.9. The van der Waals surface area contributed by atoms with Gasteiger partial charge in [0.15, 0.2) is 0 Å². The third-order valence-electron chi connectivity index (χ3n) is 3.37. The maximum Gasteiger partial charge on any atom is 0.244 e. The molecule has 0 saturated carbocycles. The number of methoxy groups -OCH3 is 1. The van der Waals surface area contributed by atoms with Gasteiger partial charge in [0.1, 0.15) is 16.5 Å². The molecule has 0 radical (unpaired) electrons. The first-order valence-corrected chi connectivity index (χ1v) is 8.72. The topological polar surface area (TPSA) is 55.4 Å². The highest BCUT2D eigenvalue weighted by molar-refractivity contribution is 7.89. The summed E-state index contributed by atoms with van der Waals surface area (Å²) in [4.78, 5) is -0.444. The fraction of sp³-hybridized carbons (Fsp3) is 0.250. The summed E-state index contributed by atoms with van der Waals surface area (Å²) >= 11 is 5.65. The molecule has 7 heteroatoms. The highest BCUT2D eigenvalue weighted by atomic mass is 35.5. The molecule has 0 heterocycles. The smallest absolute Gasteiger partial charge is 0.244 e. The summed E-state index contributed by atoms with van der Waals surface area (Å²) in [5.74, 6) is -0.337. The van der Waals surface area contributed by atoms with Crippen LogP contribution in [0.2, 0.25) is 5.02 Å². The van der Waals surface area contributed by atoms with E-state index in [9.17, 15) is 12.8 Å². The summed E-state index contributed by atoms with van der Waals surface area (Å²) in [6, 6.07) is 8.29. The second-order valence-corrected chi connectivity index (χ2v) is 7.28. The van der Waals surface area contributed by atoms with Gasteiger partial charge in [0.25, 0.3) is 0 Å². The van der Waals surface area contributed by atoms with Crippen molar-refractivity contribution in [1.82, 2.24) is 4.72 Å². The van der Waals surface area contributed by atoms with Crippen LogP contribution in [0.1, 0.15) is 24.1 Å². The molecule has 0 aromatic heterocycles. The van der Waals surface area contributed by atoms with Crippen LogP contribution in [0.3, 0.4) is 0 Å². The Hall–Kier alpha value is -1.63. The molecule has 0 bridgehead atoms. The van der Waals surface area contributed by atoms with Crippen molar-refractivity contribution in [3.05, 3.63) is 58.4 Å². The maximum absolute atomic E-state index is 13.9. The molecule has 4 nitrogen and oxygen atoms in total. The Kier molecular flexibility index (Phi) is 5.29. The van der Waals surface area contributed by atoms with Gasteiger partial charge in [-0.3, -0.25) is 0 Å². The maximum atomic E-state index is 13.9. The number of rotatable bonds is 5. The van der Waals surface area contributed by atoms with Gasteiger partial charge >= 0.3 is 0 Å². The van der Waals surface area contributed by atoms with E-state index in [4.69, 9.17) is 16.3 Å². The summed E-state index contributed by atoms with van der Waals surface area (Å²) in [6.07, 6.45) is 0. The lowest BCUT2D eigenvalue weighted by atomic mass is 10.1. The molecule has 23 heavy (non-hydrogen) atoms. The second-order valence-electron chi connectivity index (χ2n) is 5.16. The minimum Gasteiger partial charge on any atom is -0.496 e. The van der Waals surface area contributed by atoms with E-state index < -0.39 is 26.8 Å². The lowest BCUT2D eigenvalue weighted by Gasteiger charge is -2.18. The summed E-state index contributed by atoms with van der Waals surface area (Å²) in [6.45, 7) is 3.56. The summed E-state index contributed by atoms with van der Waals surface area (Å²) in [5.41, 5.74) is 1.63. The number of benzene rings is 2. The standard InChI is InChI=1S/C16H17ClFNO3S/c1-10-4-6-15(22-3)13(8-10)11(2)19-23(20,21)16-7-5-12(17)9-14(16)18/h4-9,11,19H,1-3H3/t11-/m1/s1. The Bertz CT molecular complexity index is 824. The average molecular weight is 358 g/mol. The van der Waals surface area contributed by atoms with Crippen LogP contribution in [0.25, 0.3) is 0 Å². The van der Waals surface area contributed by atoms with E-state index in [1.165, 1.54) is 13.2 Å². The van der Waals surface area contributed by atoms with Crippen LogP contribution in [-0.4, -0.2) is 15.5 Å². The number of hydrogen-bond donors (Lipinski definition) is 1. The molecule has 2 rings (SSSR count). The molecule has 0 aliphatic carbocycles. The van der Waals surface area contributed by atoms with E-state index in [2.05, 4.69) is 4.72 Å². The number of nitrogens with one attached hydrogen (secondary N) is 1. The van der Waals surface area contributed by atoms with Crippen molar-refractivity contribution in [2.24, 2.45) is 0 Å². The molecular weight excluding hydrogens is 341 g/mol. The van der Waals surface area contributed by atoms with Gasteiger partial charge in [0.05, 0.1) is 7.11 Å². The van der Waals surface area contributed by atoms with Crippen LogP contribution >= 0.6 is 11.6 Å². The SMILES string of the molecule is COc1ccc(C)cc1[C@@H](C)NS(=O)(=O)c1ccc(Cl)cc1F. The molecule has 0 saturated heterocycles. The average Bonchev–Trinajstić information content (AvgIpc) is 2.46. The van der Waals surface area contributed by atoms with Gasteiger partial charge in [-0.05, 0) is 38.1 Å². The number of aryl methyl sites for hydroxylation is 1. The molecule has 0 unspecified atom stereocenters. The van der Waals surface area contributed by atoms with E-state index in [0.717, 1.165) is 17.7 Å². The van der Waals surface area contributed by atoms with E-state index >= 15 is 0 Å². The molecule has 2 aromatic carbocycles. The van der Waals surface area contributed by atoms with E-state index in [-0.39, 0.29) is 5.02 Å². The fourth-order valence-corrected chi connectivity index (χ4v) is 3.69. The first-order valence-electron chi connectivity index (χ1n) is 6.86. The van der Waals surface area contributed by atoms with Crippen molar-refractivity contribution in [2.75, 3.05) is 7.11 Å². The number of halogens is 2. The first-order chi connectivity index (χ1) is 10.7. The Morgan fingerprint density at radius 2 is 1.91 bits per heavy atom. The van der Waals surface area contributed by atoms with Crippen LogP contribution < -0.4 is 9.46 Å². The summed E-state index contributed by atoms with van der Waals surface area (Å²) < 4.78 is 46.4. The Labute approximate surface area is 140 Å². The minimum absolute atomic E-state index is 0.134. The van der Waals surface area contributed by atoms with Gasteiger partial charge < -0.3 is 4.74 Å². The van der Waals surface area contributed by atoms with Gasteiger partial charge in [-0.1, -0.05) is 29.3 Å². The first kappa shape index (κ1) is 17.7.